The van der Waals surface area contributed by atoms with E-state index in [2.05, 4.69) is 10.3 Å². The number of oxazole rings is 1. The van der Waals surface area contributed by atoms with Crippen LogP contribution in [0, 0.1) is 0 Å². The number of halogens is 2. The van der Waals surface area contributed by atoms with Crippen LogP contribution in [-0.2, 0) is 4.79 Å². The molecule has 7 heteroatoms. The Kier molecular flexibility index (Phi) is 3.75. The van der Waals surface area contributed by atoms with E-state index in [4.69, 9.17) is 27.6 Å². The number of hydrogen-bond donors (Lipinski definition) is 2. The fourth-order valence-corrected chi connectivity index (χ4v) is 3.18. The van der Waals surface area contributed by atoms with Gasteiger partial charge in [-0.3, -0.25) is 4.79 Å². The Hall–Kier alpha value is -2.76. The van der Waals surface area contributed by atoms with Crippen molar-refractivity contribution in [1.82, 2.24) is 4.98 Å². The second kappa shape index (κ2) is 5.95. The second-order valence-electron chi connectivity index (χ2n) is 5.47. The molecule has 0 fully saturated rings. The van der Waals surface area contributed by atoms with Gasteiger partial charge in [0.2, 0.25) is 0 Å². The Morgan fingerprint density at radius 2 is 1.92 bits per heavy atom. The summed E-state index contributed by atoms with van der Waals surface area (Å²) >= 11 is 11.9. The Labute approximate surface area is 152 Å². The number of nitrogens with zero attached hydrogens (tertiary/aromatic N) is 1. The van der Waals surface area contributed by atoms with E-state index >= 15 is 0 Å². The van der Waals surface area contributed by atoms with Gasteiger partial charge in [-0.1, -0.05) is 23.2 Å². The standard InChI is InChI=1S/C18H10Cl2N2O3/c19-13-4-9(5-14(20)17(13)23)3-12-11-6-10(16-7-21-8-25-16)1-2-15(11)22-18(12)24/h1-8,23H,(H,22,24)/b12-3-. The number of phenolic OH excluding ortho intramolecular Hbond substituents is 1. The zero-order valence-corrected chi connectivity index (χ0v) is 14.1. The predicted octanol–water partition coefficient (Wildman–Crippen LogP) is 4.85. The average Bonchev–Trinajstić information content (AvgIpc) is 3.21. The minimum atomic E-state index is -0.231. The lowest BCUT2D eigenvalue weighted by Gasteiger charge is -2.04. The molecule has 0 atom stereocenters. The molecule has 1 amide bonds. The van der Waals surface area contributed by atoms with Crippen LogP contribution in [0.5, 0.6) is 5.75 Å². The van der Waals surface area contributed by atoms with Crippen LogP contribution in [0.15, 0.2) is 47.3 Å². The molecule has 2 N–H and O–H groups in total. The zero-order chi connectivity index (χ0) is 17.6. The molecule has 2 heterocycles. The van der Waals surface area contributed by atoms with Crippen LogP contribution in [0.4, 0.5) is 5.69 Å². The Balaban J connectivity index is 1.82. The fraction of sp³-hybridized carbons (Fsp3) is 0. The van der Waals surface area contributed by atoms with Crippen molar-refractivity contribution >= 4 is 46.4 Å². The van der Waals surface area contributed by atoms with Crippen LogP contribution in [0.1, 0.15) is 11.1 Å². The van der Waals surface area contributed by atoms with Gasteiger partial charge in [0.15, 0.2) is 17.9 Å². The van der Waals surface area contributed by atoms with E-state index in [1.807, 2.05) is 18.2 Å². The lowest BCUT2D eigenvalue weighted by atomic mass is 10.0. The first-order valence-electron chi connectivity index (χ1n) is 7.27. The van der Waals surface area contributed by atoms with E-state index in [-0.39, 0.29) is 21.7 Å². The monoisotopic (exact) mass is 372 g/mol. The fourth-order valence-electron chi connectivity index (χ4n) is 2.68. The molecule has 25 heavy (non-hydrogen) atoms. The van der Waals surface area contributed by atoms with Crippen LogP contribution in [0.2, 0.25) is 10.0 Å². The van der Waals surface area contributed by atoms with Crippen LogP contribution >= 0.6 is 23.2 Å². The third kappa shape index (κ3) is 2.77. The average molecular weight is 373 g/mol. The summed E-state index contributed by atoms with van der Waals surface area (Å²) in [6.45, 7) is 0. The summed E-state index contributed by atoms with van der Waals surface area (Å²) in [5.74, 6) is 0.191. The predicted molar refractivity (Wildman–Crippen MR) is 96.6 cm³/mol. The summed E-state index contributed by atoms with van der Waals surface area (Å²) in [4.78, 5) is 16.2. The molecule has 124 valence electrons. The molecular weight excluding hydrogens is 363 g/mol. The molecule has 0 saturated heterocycles. The minimum Gasteiger partial charge on any atom is -0.505 e. The number of hydrogen-bond acceptors (Lipinski definition) is 4. The molecule has 0 spiro atoms. The van der Waals surface area contributed by atoms with Gasteiger partial charge < -0.3 is 14.8 Å². The van der Waals surface area contributed by atoms with Crippen molar-refractivity contribution in [3.8, 4) is 17.1 Å². The molecule has 4 rings (SSSR count). The van der Waals surface area contributed by atoms with Crippen molar-refractivity contribution in [3.63, 3.8) is 0 Å². The molecule has 1 aliphatic heterocycles. The molecule has 1 aromatic heterocycles. The molecule has 2 aromatic carbocycles. The summed E-state index contributed by atoms with van der Waals surface area (Å²) in [6.07, 6.45) is 4.63. The maximum Gasteiger partial charge on any atom is 0.256 e. The lowest BCUT2D eigenvalue weighted by molar-refractivity contribution is -0.110. The normalized spacial score (nSPS) is 14.6. The lowest BCUT2D eigenvalue weighted by Crippen LogP contribution is -2.03. The number of fused-ring (bicyclic) bond motifs is 1. The molecule has 1 aliphatic rings. The summed E-state index contributed by atoms with van der Waals surface area (Å²) in [7, 11) is 0. The highest BCUT2D eigenvalue weighted by atomic mass is 35.5. The number of carbonyl (C=O) groups is 1. The van der Waals surface area contributed by atoms with Crippen molar-refractivity contribution in [1.29, 1.82) is 0 Å². The number of aromatic hydroxyl groups is 1. The molecular formula is C18H10Cl2N2O3. The van der Waals surface area contributed by atoms with Crippen LogP contribution in [0.3, 0.4) is 0 Å². The van der Waals surface area contributed by atoms with Crippen molar-refractivity contribution in [2.75, 3.05) is 5.32 Å². The summed E-state index contributed by atoms with van der Waals surface area (Å²) < 4.78 is 5.31. The molecule has 5 nitrogen and oxygen atoms in total. The van der Waals surface area contributed by atoms with E-state index in [0.29, 0.717) is 22.6 Å². The van der Waals surface area contributed by atoms with Gasteiger partial charge in [-0.15, -0.1) is 0 Å². The number of benzene rings is 2. The topological polar surface area (TPSA) is 75.4 Å². The first-order chi connectivity index (χ1) is 12.0. The van der Waals surface area contributed by atoms with Crippen molar-refractivity contribution in [2.45, 2.75) is 0 Å². The number of amides is 1. The van der Waals surface area contributed by atoms with E-state index in [1.54, 1.807) is 24.4 Å². The van der Waals surface area contributed by atoms with Crippen molar-refractivity contribution in [3.05, 3.63) is 64.1 Å². The van der Waals surface area contributed by atoms with Gasteiger partial charge in [-0.05, 0) is 42.0 Å². The van der Waals surface area contributed by atoms with Gasteiger partial charge in [0, 0.05) is 22.4 Å². The summed E-state index contributed by atoms with van der Waals surface area (Å²) in [5, 5.41) is 12.7. The van der Waals surface area contributed by atoms with Gasteiger partial charge in [0.25, 0.3) is 5.91 Å². The van der Waals surface area contributed by atoms with Gasteiger partial charge in [0.1, 0.15) is 0 Å². The van der Waals surface area contributed by atoms with Gasteiger partial charge >= 0.3 is 0 Å². The zero-order valence-electron chi connectivity index (χ0n) is 12.6. The quantitative estimate of drug-likeness (QED) is 0.630. The first-order valence-corrected chi connectivity index (χ1v) is 8.03. The smallest absolute Gasteiger partial charge is 0.256 e. The summed E-state index contributed by atoms with van der Waals surface area (Å²) in [5.41, 5.74) is 3.32. The van der Waals surface area contributed by atoms with E-state index in [9.17, 15) is 9.90 Å². The number of aromatic nitrogens is 1. The van der Waals surface area contributed by atoms with Gasteiger partial charge in [0.05, 0.1) is 16.2 Å². The number of anilines is 1. The second-order valence-corrected chi connectivity index (χ2v) is 6.29. The minimum absolute atomic E-state index is 0.119. The summed E-state index contributed by atoms with van der Waals surface area (Å²) in [6, 6.07) is 8.59. The molecule has 0 saturated carbocycles. The van der Waals surface area contributed by atoms with Crippen molar-refractivity contribution < 1.29 is 14.3 Å². The molecule has 0 unspecified atom stereocenters. The van der Waals surface area contributed by atoms with Gasteiger partial charge in [-0.2, -0.15) is 0 Å². The van der Waals surface area contributed by atoms with Crippen LogP contribution in [-0.4, -0.2) is 16.0 Å². The molecule has 0 aliphatic carbocycles. The van der Waals surface area contributed by atoms with E-state index < -0.39 is 0 Å². The molecule has 0 radical (unpaired) electrons. The number of rotatable bonds is 2. The molecule has 3 aromatic rings. The Morgan fingerprint density at radius 1 is 1.16 bits per heavy atom. The van der Waals surface area contributed by atoms with E-state index in [0.717, 1.165) is 11.1 Å². The Morgan fingerprint density at radius 3 is 2.60 bits per heavy atom. The first kappa shape index (κ1) is 15.7. The highest BCUT2D eigenvalue weighted by Gasteiger charge is 2.25. The number of phenols is 1. The maximum atomic E-state index is 12.3. The van der Waals surface area contributed by atoms with Crippen LogP contribution < -0.4 is 5.32 Å². The largest absolute Gasteiger partial charge is 0.505 e. The third-order valence-electron chi connectivity index (χ3n) is 3.87. The van der Waals surface area contributed by atoms with Gasteiger partial charge in [-0.25, -0.2) is 4.98 Å². The third-order valence-corrected chi connectivity index (χ3v) is 4.45. The maximum absolute atomic E-state index is 12.3. The highest BCUT2D eigenvalue weighted by molar-refractivity contribution is 6.38. The highest BCUT2D eigenvalue weighted by Crippen LogP contribution is 2.38. The number of carbonyl (C=O) groups excluding carboxylic acids is 1. The van der Waals surface area contributed by atoms with E-state index in [1.165, 1.54) is 6.39 Å². The van der Waals surface area contributed by atoms with Crippen LogP contribution in [0.25, 0.3) is 23.0 Å². The number of nitrogens with one attached hydrogen (secondary N) is 1. The van der Waals surface area contributed by atoms with Crippen molar-refractivity contribution in [2.24, 2.45) is 0 Å². The molecule has 0 bridgehead atoms. The SMILES string of the molecule is O=C1Nc2ccc(-c3cnco3)cc2/C1=C/c1cc(Cl)c(O)c(Cl)c1. The Bertz CT molecular complexity index is 1000.